The van der Waals surface area contributed by atoms with Gasteiger partial charge in [0.1, 0.15) is 5.82 Å². The zero-order valence-corrected chi connectivity index (χ0v) is 13.1. The predicted molar refractivity (Wildman–Crippen MR) is 83.0 cm³/mol. The van der Waals surface area contributed by atoms with E-state index in [0.29, 0.717) is 22.3 Å². The van der Waals surface area contributed by atoms with E-state index in [2.05, 4.69) is 9.97 Å². The van der Waals surface area contributed by atoms with Crippen LogP contribution in [0, 0.1) is 6.92 Å². The largest absolute Gasteiger partial charge is 0.310 e. The second kappa shape index (κ2) is 5.98. The van der Waals surface area contributed by atoms with Crippen LogP contribution in [0.3, 0.4) is 0 Å². The molecule has 106 valence electrons. The lowest BCUT2D eigenvalue weighted by atomic mass is 10.0. The molecule has 0 saturated heterocycles. The van der Waals surface area contributed by atoms with Crippen molar-refractivity contribution in [3.05, 3.63) is 61.2 Å². The zero-order valence-electron chi connectivity index (χ0n) is 11.6. The van der Waals surface area contributed by atoms with Crippen molar-refractivity contribution in [3.63, 3.8) is 0 Å². The molecule has 1 heterocycles. The van der Waals surface area contributed by atoms with E-state index in [1.165, 1.54) is 0 Å². The summed E-state index contributed by atoms with van der Waals surface area (Å²) < 4.78 is 0. The monoisotopic (exact) mass is 310 g/mol. The standard InChI is InChI=1S/C15H16Cl2N2O/c1-8(2)14-9(3)18-13(19-15(14)20)7-10-4-5-11(16)12(17)6-10/h4-6,8H,7H2,1-3H3,(H,18,19,20). The first-order valence-electron chi connectivity index (χ1n) is 6.42. The molecule has 1 aromatic carbocycles. The van der Waals surface area contributed by atoms with E-state index >= 15 is 0 Å². The minimum absolute atomic E-state index is 0.0671. The molecule has 0 unspecified atom stereocenters. The van der Waals surface area contributed by atoms with Crippen molar-refractivity contribution in [2.75, 3.05) is 0 Å². The third kappa shape index (κ3) is 3.22. The lowest BCUT2D eigenvalue weighted by Crippen LogP contribution is -2.20. The third-order valence-corrected chi connectivity index (χ3v) is 3.87. The molecule has 3 nitrogen and oxygen atoms in total. The number of benzene rings is 1. The van der Waals surface area contributed by atoms with Crippen molar-refractivity contribution in [1.82, 2.24) is 9.97 Å². The molecule has 0 saturated carbocycles. The molecule has 0 aliphatic heterocycles. The highest BCUT2D eigenvalue weighted by Gasteiger charge is 2.12. The van der Waals surface area contributed by atoms with Crippen molar-refractivity contribution in [3.8, 4) is 0 Å². The second-order valence-electron chi connectivity index (χ2n) is 5.09. The Labute approximate surface area is 128 Å². The van der Waals surface area contributed by atoms with Gasteiger partial charge in [0, 0.05) is 17.7 Å². The number of hydrogen-bond donors (Lipinski definition) is 1. The summed E-state index contributed by atoms with van der Waals surface area (Å²) in [6.45, 7) is 5.83. The van der Waals surface area contributed by atoms with Crippen molar-refractivity contribution in [2.24, 2.45) is 0 Å². The minimum atomic E-state index is -0.0671. The van der Waals surface area contributed by atoms with Crippen molar-refractivity contribution in [2.45, 2.75) is 33.1 Å². The van der Waals surface area contributed by atoms with E-state index in [9.17, 15) is 4.79 Å². The Balaban J connectivity index is 2.35. The molecule has 0 bridgehead atoms. The predicted octanol–water partition coefficient (Wildman–Crippen LogP) is 4.10. The van der Waals surface area contributed by atoms with Gasteiger partial charge in [-0.3, -0.25) is 4.79 Å². The molecule has 0 radical (unpaired) electrons. The summed E-state index contributed by atoms with van der Waals surface area (Å²) in [5.74, 6) is 0.792. The van der Waals surface area contributed by atoms with Gasteiger partial charge in [0.05, 0.1) is 10.0 Å². The average Bonchev–Trinajstić information content (AvgIpc) is 2.32. The number of H-pyrrole nitrogens is 1. The van der Waals surface area contributed by atoms with Gasteiger partial charge < -0.3 is 4.98 Å². The maximum absolute atomic E-state index is 12.1. The molecular formula is C15H16Cl2N2O. The maximum atomic E-state index is 12.1. The molecule has 0 fully saturated rings. The van der Waals surface area contributed by atoms with E-state index in [4.69, 9.17) is 23.2 Å². The SMILES string of the molecule is Cc1nc(Cc2ccc(Cl)c(Cl)c2)[nH]c(=O)c1C(C)C. The Kier molecular flexibility index (Phi) is 4.51. The van der Waals surface area contributed by atoms with Crippen LogP contribution in [0.15, 0.2) is 23.0 Å². The lowest BCUT2D eigenvalue weighted by Gasteiger charge is -2.10. The van der Waals surface area contributed by atoms with Crippen LogP contribution >= 0.6 is 23.2 Å². The number of aromatic nitrogens is 2. The van der Waals surface area contributed by atoms with Crippen LogP contribution in [0.2, 0.25) is 10.0 Å². The molecule has 0 aliphatic carbocycles. The molecule has 0 amide bonds. The Morgan fingerprint density at radius 2 is 1.95 bits per heavy atom. The Bertz CT molecular complexity index is 693. The fourth-order valence-electron chi connectivity index (χ4n) is 2.26. The average molecular weight is 311 g/mol. The second-order valence-corrected chi connectivity index (χ2v) is 5.91. The maximum Gasteiger partial charge on any atom is 0.254 e. The topological polar surface area (TPSA) is 45.8 Å². The van der Waals surface area contributed by atoms with Gasteiger partial charge in [-0.1, -0.05) is 43.1 Å². The molecule has 0 spiro atoms. The van der Waals surface area contributed by atoms with Gasteiger partial charge in [-0.15, -0.1) is 0 Å². The molecule has 20 heavy (non-hydrogen) atoms. The number of halogens is 2. The summed E-state index contributed by atoms with van der Waals surface area (Å²) in [6.07, 6.45) is 0.519. The number of rotatable bonds is 3. The number of hydrogen-bond acceptors (Lipinski definition) is 2. The third-order valence-electron chi connectivity index (χ3n) is 3.13. The minimum Gasteiger partial charge on any atom is -0.310 e. The van der Waals surface area contributed by atoms with Gasteiger partial charge in [0.2, 0.25) is 0 Å². The Morgan fingerprint density at radius 3 is 2.50 bits per heavy atom. The molecular weight excluding hydrogens is 295 g/mol. The van der Waals surface area contributed by atoms with E-state index in [0.717, 1.165) is 16.8 Å². The summed E-state index contributed by atoms with van der Waals surface area (Å²) in [4.78, 5) is 19.4. The van der Waals surface area contributed by atoms with Crippen LogP contribution in [-0.2, 0) is 6.42 Å². The summed E-state index contributed by atoms with van der Waals surface area (Å²) in [5, 5.41) is 1.02. The summed E-state index contributed by atoms with van der Waals surface area (Å²) >= 11 is 11.9. The molecule has 5 heteroatoms. The fourth-order valence-corrected chi connectivity index (χ4v) is 2.58. The lowest BCUT2D eigenvalue weighted by molar-refractivity contribution is 0.791. The fraction of sp³-hybridized carbons (Fsp3) is 0.333. The molecule has 2 aromatic rings. The van der Waals surface area contributed by atoms with E-state index in [1.807, 2.05) is 26.8 Å². The van der Waals surface area contributed by atoms with Crippen LogP contribution in [-0.4, -0.2) is 9.97 Å². The molecule has 0 aliphatic rings. The van der Waals surface area contributed by atoms with E-state index in [-0.39, 0.29) is 11.5 Å². The van der Waals surface area contributed by atoms with E-state index < -0.39 is 0 Å². The number of nitrogens with zero attached hydrogens (tertiary/aromatic N) is 1. The normalized spacial score (nSPS) is 11.1. The number of nitrogens with one attached hydrogen (secondary N) is 1. The van der Waals surface area contributed by atoms with Gasteiger partial charge in [0.15, 0.2) is 0 Å². The highest BCUT2D eigenvalue weighted by molar-refractivity contribution is 6.42. The van der Waals surface area contributed by atoms with Gasteiger partial charge in [0.25, 0.3) is 5.56 Å². The van der Waals surface area contributed by atoms with Crippen molar-refractivity contribution < 1.29 is 0 Å². The van der Waals surface area contributed by atoms with Crippen LogP contribution in [0.25, 0.3) is 0 Å². The van der Waals surface area contributed by atoms with Crippen LogP contribution < -0.4 is 5.56 Å². The summed E-state index contributed by atoms with van der Waals surface area (Å²) in [6, 6.07) is 5.40. The Hall–Kier alpha value is -1.32. The zero-order chi connectivity index (χ0) is 14.9. The van der Waals surface area contributed by atoms with Crippen molar-refractivity contribution in [1.29, 1.82) is 0 Å². The number of aryl methyl sites for hydroxylation is 1. The molecule has 2 rings (SSSR count). The van der Waals surface area contributed by atoms with Crippen LogP contribution in [0.4, 0.5) is 0 Å². The first-order chi connectivity index (χ1) is 9.38. The van der Waals surface area contributed by atoms with Crippen LogP contribution in [0.5, 0.6) is 0 Å². The highest BCUT2D eigenvalue weighted by atomic mass is 35.5. The number of aromatic amines is 1. The summed E-state index contributed by atoms with van der Waals surface area (Å²) in [5.41, 5.74) is 2.41. The molecule has 1 aromatic heterocycles. The smallest absolute Gasteiger partial charge is 0.254 e. The summed E-state index contributed by atoms with van der Waals surface area (Å²) in [7, 11) is 0. The molecule has 1 N–H and O–H groups in total. The molecule has 0 atom stereocenters. The van der Waals surface area contributed by atoms with Crippen LogP contribution in [0.1, 0.15) is 42.4 Å². The van der Waals surface area contributed by atoms with Gasteiger partial charge in [-0.25, -0.2) is 4.98 Å². The van der Waals surface area contributed by atoms with Gasteiger partial charge >= 0.3 is 0 Å². The quantitative estimate of drug-likeness (QED) is 0.927. The van der Waals surface area contributed by atoms with E-state index in [1.54, 1.807) is 12.1 Å². The first-order valence-corrected chi connectivity index (χ1v) is 7.17. The first kappa shape index (κ1) is 15.1. The van der Waals surface area contributed by atoms with Crippen molar-refractivity contribution >= 4 is 23.2 Å². The Morgan fingerprint density at radius 1 is 1.25 bits per heavy atom. The van der Waals surface area contributed by atoms with Gasteiger partial charge in [-0.05, 0) is 30.5 Å². The highest BCUT2D eigenvalue weighted by Crippen LogP contribution is 2.23. The van der Waals surface area contributed by atoms with Gasteiger partial charge in [-0.2, -0.15) is 0 Å².